The number of rotatable bonds is 8. The molecule has 7 nitrogen and oxygen atoms in total. The molecule has 0 aliphatic heterocycles. The zero-order valence-corrected chi connectivity index (χ0v) is 20.6. The third kappa shape index (κ3) is 4.62. The summed E-state index contributed by atoms with van der Waals surface area (Å²) in [6.07, 6.45) is 3.68. The molecular weight excluding hydrogens is 462 g/mol. The largest absolute Gasteiger partial charge is 0.506 e. The minimum absolute atomic E-state index is 0.0224. The monoisotopic (exact) mass is 491 g/mol. The predicted octanol–water partition coefficient (Wildman–Crippen LogP) is 3.73. The molecule has 2 atom stereocenters. The number of β-amino-alcohol motifs (C(OH)–C–C–N with tert-alkyl or cyclic N) is 1. The number of aromatic amines is 1. The lowest BCUT2D eigenvalue weighted by Crippen LogP contribution is -2.51. The molecule has 1 aliphatic rings. The Kier molecular flexibility index (Phi) is 6.46. The van der Waals surface area contributed by atoms with E-state index in [1.165, 1.54) is 28.1 Å². The zero-order chi connectivity index (χ0) is 24.6. The number of nitrogens with one attached hydrogen (secondary N) is 2. The lowest BCUT2D eigenvalue weighted by atomic mass is 9.95. The van der Waals surface area contributed by atoms with Gasteiger partial charge in [0, 0.05) is 47.3 Å². The van der Waals surface area contributed by atoms with Crippen molar-refractivity contribution in [2.24, 2.45) is 0 Å². The molecule has 5 rings (SSSR count). The highest BCUT2D eigenvalue weighted by molar-refractivity contribution is 7.15. The molecule has 0 radical (unpaired) electrons. The summed E-state index contributed by atoms with van der Waals surface area (Å²) in [5, 5.41) is 26.5. The molecule has 2 aromatic heterocycles. The lowest BCUT2D eigenvalue weighted by Gasteiger charge is -2.31. The maximum atomic E-state index is 11.7. The van der Waals surface area contributed by atoms with Gasteiger partial charge >= 0.3 is 0 Å². The molecule has 2 heterocycles. The standard InChI is InChI=1S/C27H29N3O4S/c1-3-19-13-28-26(35-19)16-4-5-17-11-27(15-34-2,12-18(17)10-16)29-14-23(32)20-6-8-22(31)25-21(20)7-9-24(33)30-25/h4-10,13,23,29,31-32H,3,11-12,14-15H2,1-2H3,(H,30,33)/t23-,27?/m0/s1. The minimum Gasteiger partial charge on any atom is -0.506 e. The van der Waals surface area contributed by atoms with E-state index >= 15 is 0 Å². The van der Waals surface area contributed by atoms with Crippen molar-refractivity contribution < 1.29 is 14.9 Å². The number of aromatic hydroxyl groups is 1. The summed E-state index contributed by atoms with van der Waals surface area (Å²) < 4.78 is 5.60. The first kappa shape index (κ1) is 23.7. The number of benzene rings is 2. The average Bonchev–Trinajstić information content (AvgIpc) is 3.47. The third-order valence-electron chi connectivity index (χ3n) is 6.77. The highest BCUT2D eigenvalue weighted by atomic mass is 32.1. The van der Waals surface area contributed by atoms with Crippen LogP contribution in [0.15, 0.2) is 53.5 Å². The Morgan fingerprint density at radius 3 is 2.80 bits per heavy atom. The van der Waals surface area contributed by atoms with Gasteiger partial charge in [0.2, 0.25) is 5.56 Å². The molecule has 182 valence electrons. The number of phenols is 1. The van der Waals surface area contributed by atoms with Crippen molar-refractivity contribution in [3.63, 3.8) is 0 Å². The SMILES string of the molecule is CCc1cnc(-c2ccc3c(c2)CC(COC)(NC[C@H](O)c2ccc(O)c4[nH]c(=O)ccc24)C3)s1. The van der Waals surface area contributed by atoms with Crippen LogP contribution < -0.4 is 10.9 Å². The number of pyridine rings is 1. The van der Waals surface area contributed by atoms with Crippen molar-refractivity contribution in [3.05, 3.63) is 80.6 Å². The Morgan fingerprint density at radius 2 is 2.03 bits per heavy atom. The second-order valence-electron chi connectivity index (χ2n) is 9.22. The second kappa shape index (κ2) is 9.54. The number of ether oxygens (including phenoxy) is 1. The van der Waals surface area contributed by atoms with E-state index in [2.05, 4.69) is 40.4 Å². The number of thiazole rings is 1. The van der Waals surface area contributed by atoms with E-state index in [0.29, 0.717) is 29.6 Å². The van der Waals surface area contributed by atoms with Gasteiger partial charge in [0.25, 0.3) is 0 Å². The molecule has 0 saturated carbocycles. The Labute approximate surface area is 207 Å². The van der Waals surface area contributed by atoms with E-state index in [9.17, 15) is 15.0 Å². The topological polar surface area (TPSA) is 107 Å². The number of methoxy groups -OCH3 is 1. The number of phenolic OH excluding ortho intramolecular Hbond substituents is 1. The average molecular weight is 492 g/mol. The molecule has 1 unspecified atom stereocenters. The molecule has 0 fully saturated rings. The Hall–Kier alpha value is -3.04. The normalized spacial score (nSPS) is 18.1. The number of aliphatic hydroxyl groups excluding tert-OH is 1. The predicted molar refractivity (Wildman–Crippen MR) is 138 cm³/mol. The molecule has 0 spiro atoms. The molecule has 8 heteroatoms. The van der Waals surface area contributed by atoms with Crippen molar-refractivity contribution in [3.8, 4) is 16.3 Å². The van der Waals surface area contributed by atoms with Gasteiger partial charge in [0.05, 0.1) is 18.2 Å². The Morgan fingerprint density at radius 1 is 1.20 bits per heavy atom. The number of hydrogen-bond donors (Lipinski definition) is 4. The second-order valence-corrected chi connectivity index (χ2v) is 10.3. The maximum absolute atomic E-state index is 11.7. The summed E-state index contributed by atoms with van der Waals surface area (Å²) in [5.41, 5.74) is 4.00. The molecule has 0 saturated heterocycles. The van der Waals surface area contributed by atoms with E-state index in [0.717, 1.165) is 29.8 Å². The van der Waals surface area contributed by atoms with Gasteiger partial charge in [-0.2, -0.15) is 0 Å². The summed E-state index contributed by atoms with van der Waals surface area (Å²) in [6.45, 7) is 2.94. The summed E-state index contributed by atoms with van der Waals surface area (Å²) in [6, 6.07) is 12.8. The van der Waals surface area contributed by atoms with Gasteiger partial charge in [0.15, 0.2) is 0 Å². The van der Waals surface area contributed by atoms with Crippen LogP contribution in [0.3, 0.4) is 0 Å². The Bertz CT molecular complexity index is 1430. The first-order valence-electron chi connectivity index (χ1n) is 11.7. The van der Waals surface area contributed by atoms with E-state index in [1.54, 1.807) is 30.6 Å². The van der Waals surface area contributed by atoms with Crippen molar-refractivity contribution in [2.75, 3.05) is 20.3 Å². The van der Waals surface area contributed by atoms with Crippen LogP contribution in [0.5, 0.6) is 5.75 Å². The number of aliphatic hydroxyl groups is 1. The number of aryl methyl sites for hydroxylation is 1. The highest BCUT2D eigenvalue weighted by Crippen LogP contribution is 2.36. The van der Waals surface area contributed by atoms with Gasteiger partial charge in [-0.3, -0.25) is 4.79 Å². The van der Waals surface area contributed by atoms with Gasteiger partial charge in [-0.05, 0) is 54.2 Å². The van der Waals surface area contributed by atoms with E-state index < -0.39 is 6.10 Å². The Balaban J connectivity index is 1.36. The first-order valence-corrected chi connectivity index (χ1v) is 12.6. The number of H-pyrrole nitrogens is 1. The fraction of sp³-hybridized carbons (Fsp3) is 0.333. The maximum Gasteiger partial charge on any atom is 0.248 e. The minimum atomic E-state index is -0.834. The van der Waals surface area contributed by atoms with Crippen LogP contribution in [-0.2, 0) is 24.0 Å². The smallest absolute Gasteiger partial charge is 0.248 e. The van der Waals surface area contributed by atoms with Gasteiger partial charge in [-0.15, -0.1) is 11.3 Å². The molecule has 0 bridgehead atoms. The van der Waals surface area contributed by atoms with E-state index in [4.69, 9.17) is 4.74 Å². The first-order chi connectivity index (χ1) is 16.9. The molecule has 4 N–H and O–H groups in total. The van der Waals surface area contributed by atoms with Crippen LogP contribution >= 0.6 is 11.3 Å². The van der Waals surface area contributed by atoms with Gasteiger partial charge < -0.3 is 25.3 Å². The van der Waals surface area contributed by atoms with Crippen LogP contribution in [0.2, 0.25) is 0 Å². The summed E-state index contributed by atoms with van der Waals surface area (Å²) in [5.74, 6) is -0.0224. The van der Waals surface area contributed by atoms with E-state index in [-0.39, 0.29) is 16.8 Å². The number of hydrogen-bond acceptors (Lipinski definition) is 7. The highest BCUT2D eigenvalue weighted by Gasteiger charge is 2.37. The van der Waals surface area contributed by atoms with Crippen LogP contribution in [0.4, 0.5) is 0 Å². The van der Waals surface area contributed by atoms with Gasteiger partial charge in [-0.25, -0.2) is 4.98 Å². The van der Waals surface area contributed by atoms with E-state index in [1.807, 2.05) is 6.20 Å². The summed E-state index contributed by atoms with van der Waals surface area (Å²) in [4.78, 5) is 20.2. The summed E-state index contributed by atoms with van der Waals surface area (Å²) in [7, 11) is 1.69. The molecule has 0 amide bonds. The van der Waals surface area contributed by atoms with Crippen LogP contribution in [0.1, 0.15) is 34.6 Å². The molecule has 35 heavy (non-hydrogen) atoms. The van der Waals surface area contributed by atoms with Gasteiger partial charge in [-0.1, -0.05) is 25.1 Å². The van der Waals surface area contributed by atoms with Crippen molar-refractivity contribution >= 4 is 22.2 Å². The number of aromatic nitrogens is 2. The quantitative estimate of drug-likeness (QED) is 0.299. The van der Waals surface area contributed by atoms with Crippen LogP contribution in [0.25, 0.3) is 21.5 Å². The van der Waals surface area contributed by atoms with Crippen molar-refractivity contribution in [1.82, 2.24) is 15.3 Å². The molecule has 4 aromatic rings. The van der Waals surface area contributed by atoms with Crippen molar-refractivity contribution in [2.45, 2.75) is 37.8 Å². The van der Waals surface area contributed by atoms with Crippen molar-refractivity contribution in [1.29, 1.82) is 0 Å². The fourth-order valence-electron chi connectivity index (χ4n) is 5.02. The third-order valence-corrected chi connectivity index (χ3v) is 7.96. The molecule has 2 aromatic carbocycles. The van der Waals surface area contributed by atoms with Gasteiger partial charge in [0.1, 0.15) is 10.8 Å². The number of fused-ring (bicyclic) bond motifs is 2. The summed E-state index contributed by atoms with van der Waals surface area (Å²) >= 11 is 1.73. The number of nitrogens with zero attached hydrogens (tertiary/aromatic N) is 1. The fourth-order valence-corrected chi connectivity index (χ4v) is 5.87. The van der Waals surface area contributed by atoms with Crippen LogP contribution in [0, 0.1) is 0 Å². The lowest BCUT2D eigenvalue weighted by molar-refractivity contribution is 0.0949. The van der Waals surface area contributed by atoms with Crippen LogP contribution in [-0.4, -0.2) is 46.0 Å². The molecule has 1 aliphatic carbocycles. The zero-order valence-electron chi connectivity index (χ0n) is 19.8. The molecular formula is C27H29N3O4S.